The van der Waals surface area contributed by atoms with Crippen molar-refractivity contribution in [2.45, 2.75) is 39.0 Å². The van der Waals surface area contributed by atoms with Gasteiger partial charge in [-0.1, -0.05) is 30.3 Å². The Morgan fingerprint density at radius 1 is 1.09 bits per heavy atom. The van der Waals surface area contributed by atoms with E-state index in [1.807, 2.05) is 30.3 Å². The summed E-state index contributed by atoms with van der Waals surface area (Å²) < 4.78 is 21.5. The van der Waals surface area contributed by atoms with Gasteiger partial charge in [-0.3, -0.25) is 9.59 Å². The maximum atomic E-state index is 11.1. The highest BCUT2D eigenvalue weighted by Crippen LogP contribution is 2.19. The number of esters is 2. The monoisotopic (exact) mass is 320 g/mol. The smallest absolute Gasteiger partial charge is 0.303 e. The summed E-state index contributed by atoms with van der Waals surface area (Å²) in [6, 6.07) is 9.68. The molecule has 0 radical (unpaired) electrons. The Hall–Kier alpha value is -2.18. The lowest BCUT2D eigenvalue weighted by Crippen LogP contribution is -2.42. The number of carbonyl (C=O) groups excluding carboxylic acids is 2. The first-order valence-electron chi connectivity index (χ1n) is 7.34. The lowest BCUT2D eigenvalue weighted by atomic mass is 10.1. The van der Waals surface area contributed by atoms with Gasteiger partial charge in [-0.2, -0.15) is 0 Å². The summed E-state index contributed by atoms with van der Waals surface area (Å²) in [6.45, 7) is 2.99. The van der Waals surface area contributed by atoms with Crippen molar-refractivity contribution in [3.8, 4) is 0 Å². The number of hydrogen-bond donors (Lipinski definition) is 0. The Morgan fingerprint density at radius 3 is 2.48 bits per heavy atom. The Bertz CT molecular complexity index is 553. The van der Waals surface area contributed by atoms with E-state index < -0.39 is 30.4 Å². The zero-order valence-electron chi connectivity index (χ0n) is 13.1. The van der Waals surface area contributed by atoms with Crippen molar-refractivity contribution in [3.63, 3.8) is 0 Å². The van der Waals surface area contributed by atoms with E-state index in [1.54, 1.807) is 12.2 Å². The van der Waals surface area contributed by atoms with Crippen molar-refractivity contribution < 1.29 is 28.5 Å². The van der Waals surface area contributed by atoms with E-state index in [4.69, 9.17) is 18.9 Å². The van der Waals surface area contributed by atoms with Gasteiger partial charge in [-0.25, -0.2) is 0 Å². The van der Waals surface area contributed by atoms with Crippen LogP contribution in [0.15, 0.2) is 42.5 Å². The highest BCUT2D eigenvalue weighted by Gasteiger charge is 2.31. The summed E-state index contributed by atoms with van der Waals surface area (Å²) in [6.07, 6.45) is 1.56. The van der Waals surface area contributed by atoms with E-state index in [9.17, 15) is 9.59 Å². The van der Waals surface area contributed by atoms with Crippen molar-refractivity contribution in [2.75, 3.05) is 6.61 Å². The van der Waals surface area contributed by atoms with Crippen LogP contribution in [-0.2, 0) is 35.1 Å². The minimum Gasteiger partial charge on any atom is -0.463 e. The van der Waals surface area contributed by atoms with Crippen LogP contribution < -0.4 is 0 Å². The molecule has 0 amide bonds. The third-order valence-electron chi connectivity index (χ3n) is 3.14. The quantitative estimate of drug-likeness (QED) is 0.589. The number of carbonyl (C=O) groups is 2. The molecule has 1 aliphatic rings. The highest BCUT2D eigenvalue weighted by molar-refractivity contribution is 5.66. The average molecular weight is 320 g/mol. The van der Waals surface area contributed by atoms with Gasteiger partial charge in [-0.05, 0) is 17.7 Å². The fourth-order valence-corrected chi connectivity index (χ4v) is 2.11. The molecule has 1 aromatic carbocycles. The second kappa shape index (κ2) is 8.45. The predicted octanol–water partition coefficient (Wildman–Crippen LogP) is 1.98. The molecular weight excluding hydrogens is 300 g/mol. The predicted molar refractivity (Wildman–Crippen MR) is 81.2 cm³/mol. The van der Waals surface area contributed by atoms with Gasteiger partial charge in [-0.15, -0.1) is 0 Å². The van der Waals surface area contributed by atoms with Gasteiger partial charge in [0.15, 0.2) is 6.29 Å². The van der Waals surface area contributed by atoms with Crippen molar-refractivity contribution >= 4 is 11.9 Å². The van der Waals surface area contributed by atoms with Crippen LogP contribution in [-0.4, -0.2) is 37.0 Å². The normalized spacial score (nSPS) is 23.3. The molecule has 1 aromatic rings. The third kappa shape index (κ3) is 5.84. The zero-order chi connectivity index (χ0) is 16.7. The van der Waals surface area contributed by atoms with Gasteiger partial charge < -0.3 is 18.9 Å². The number of hydrogen-bond acceptors (Lipinski definition) is 6. The van der Waals surface area contributed by atoms with Crippen LogP contribution >= 0.6 is 0 Å². The number of rotatable bonds is 6. The van der Waals surface area contributed by atoms with Gasteiger partial charge in [0.2, 0.25) is 0 Å². The molecule has 6 nitrogen and oxygen atoms in total. The van der Waals surface area contributed by atoms with Crippen LogP contribution in [0, 0.1) is 0 Å². The Morgan fingerprint density at radius 2 is 1.83 bits per heavy atom. The van der Waals surface area contributed by atoms with E-state index in [0.717, 1.165) is 5.56 Å². The van der Waals surface area contributed by atoms with Crippen LogP contribution in [0.4, 0.5) is 0 Å². The summed E-state index contributed by atoms with van der Waals surface area (Å²) in [7, 11) is 0. The van der Waals surface area contributed by atoms with Crippen molar-refractivity contribution in [1.29, 1.82) is 0 Å². The lowest BCUT2D eigenvalue weighted by Gasteiger charge is -2.31. The topological polar surface area (TPSA) is 71.1 Å². The fourth-order valence-electron chi connectivity index (χ4n) is 2.11. The first kappa shape index (κ1) is 17.2. The van der Waals surface area contributed by atoms with Crippen LogP contribution in [0.2, 0.25) is 0 Å². The van der Waals surface area contributed by atoms with Crippen molar-refractivity contribution in [1.82, 2.24) is 0 Å². The fraction of sp³-hybridized carbons (Fsp3) is 0.412. The molecule has 0 fully saturated rings. The van der Waals surface area contributed by atoms with Crippen molar-refractivity contribution in [2.24, 2.45) is 0 Å². The Kier molecular flexibility index (Phi) is 6.31. The minimum atomic E-state index is -0.608. The number of benzene rings is 1. The van der Waals surface area contributed by atoms with Gasteiger partial charge >= 0.3 is 11.9 Å². The SMILES string of the molecule is CC(=O)OC[C@H]1O[C@H](OCc2ccccc2)C=C[C@@H]1OC(C)=O. The molecule has 0 saturated heterocycles. The molecule has 1 heterocycles. The van der Waals surface area contributed by atoms with E-state index in [0.29, 0.717) is 6.61 Å². The second-order valence-electron chi connectivity index (χ2n) is 5.10. The molecule has 1 aliphatic heterocycles. The zero-order valence-corrected chi connectivity index (χ0v) is 13.1. The van der Waals surface area contributed by atoms with Gasteiger partial charge in [0.05, 0.1) is 6.61 Å². The van der Waals surface area contributed by atoms with Crippen LogP contribution in [0.1, 0.15) is 19.4 Å². The molecule has 0 saturated carbocycles. The Labute approximate surface area is 135 Å². The Balaban J connectivity index is 1.94. The highest BCUT2D eigenvalue weighted by atomic mass is 16.7. The van der Waals surface area contributed by atoms with E-state index in [-0.39, 0.29) is 6.61 Å². The molecule has 0 unspecified atom stereocenters. The van der Waals surface area contributed by atoms with Gasteiger partial charge in [0.25, 0.3) is 0 Å². The van der Waals surface area contributed by atoms with E-state index in [2.05, 4.69) is 0 Å². The molecule has 0 N–H and O–H groups in total. The molecule has 6 heteroatoms. The average Bonchev–Trinajstić information content (AvgIpc) is 2.53. The van der Waals surface area contributed by atoms with E-state index in [1.165, 1.54) is 13.8 Å². The standard InChI is InChI=1S/C17H20O6/c1-12(18)20-11-16-15(22-13(2)19)8-9-17(23-16)21-10-14-6-4-3-5-7-14/h3-9,15-17H,10-11H2,1-2H3/t15-,16+,17-/m0/s1. The summed E-state index contributed by atoms with van der Waals surface area (Å²) in [5.41, 5.74) is 1.02. The summed E-state index contributed by atoms with van der Waals surface area (Å²) in [5, 5.41) is 0. The largest absolute Gasteiger partial charge is 0.463 e. The van der Waals surface area contributed by atoms with E-state index >= 15 is 0 Å². The molecule has 2 rings (SSSR count). The summed E-state index contributed by atoms with van der Waals surface area (Å²) in [4.78, 5) is 22.1. The summed E-state index contributed by atoms with van der Waals surface area (Å²) >= 11 is 0. The third-order valence-corrected chi connectivity index (χ3v) is 3.14. The summed E-state index contributed by atoms with van der Waals surface area (Å²) in [5.74, 6) is -0.855. The minimum absolute atomic E-state index is 0.0111. The van der Waals surface area contributed by atoms with Crippen LogP contribution in [0.3, 0.4) is 0 Å². The molecular formula is C17H20O6. The molecule has 124 valence electrons. The molecule has 0 aromatic heterocycles. The molecule has 0 spiro atoms. The second-order valence-corrected chi connectivity index (χ2v) is 5.10. The first-order chi connectivity index (χ1) is 11.0. The maximum absolute atomic E-state index is 11.1. The van der Waals surface area contributed by atoms with Crippen LogP contribution in [0.25, 0.3) is 0 Å². The number of ether oxygens (including phenoxy) is 4. The molecule has 0 aliphatic carbocycles. The molecule has 0 bridgehead atoms. The molecule has 3 atom stereocenters. The lowest BCUT2D eigenvalue weighted by molar-refractivity contribution is -0.200. The maximum Gasteiger partial charge on any atom is 0.303 e. The van der Waals surface area contributed by atoms with Gasteiger partial charge in [0.1, 0.15) is 18.8 Å². The molecule has 23 heavy (non-hydrogen) atoms. The van der Waals surface area contributed by atoms with Crippen LogP contribution in [0.5, 0.6) is 0 Å². The van der Waals surface area contributed by atoms with Gasteiger partial charge in [0, 0.05) is 13.8 Å². The van der Waals surface area contributed by atoms with Crippen molar-refractivity contribution in [3.05, 3.63) is 48.0 Å². The first-order valence-corrected chi connectivity index (χ1v) is 7.34.